The maximum Gasteiger partial charge on any atom is 0.190 e. The Morgan fingerprint density at radius 1 is 1.09 bits per heavy atom. The van der Waals surface area contributed by atoms with Crippen LogP contribution < -0.4 is 15.4 Å². The highest BCUT2D eigenvalue weighted by Gasteiger charge is 2.20. The summed E-state index contributed by atoms with van der Waals surface area (Å²) in [5, 5.41) is 6.59. The Morgan fingerprint density at radius 2 is 1.78 bits per heavy atom. The Kier molecular flexibility index (Phi) is 8.33. The molecule has 5 nitrogen and oxygen atoms in total. The zero-order chi connectivity index (χ0) is 16.2. The molecule has 0 heterocycles. The summed E-state index contributed by atoms with van der Waals surface area (Å²) >= 11 is 0. The number of aliphatic imine (C=N–C) groups is 1. The lowest BCUT2D eigenvalue weighted by Crippen LogP contribution is -2.38. The lowest BCUT2D eigenvalue weighted by atomic mass is 10.3. The molecule has 0 spiro atoms. The van der Waals surface area contributed by atoms with E-state index in [1.165, 1.54) is 12.8 Å². The van der Waals surface area contributed by atoms with Crippen LogP contribution in [-0.4, -0.2) is 45.9 Å². The van der Waals surface area contributed by atoms with Gasteiger partial charge in [0.1, 0.15) is 5.75 Å². The molecular weight excluding hydrogens is 290 g/mol. The Balaban J connectivity index is 1.42. The van der Waals surface area contributed by atoms with E-state index in [2.05, 4.69) is 15.6 Å². The molecule has 1 aromatic rings. The Bertz CT molecular complexity index is 447. The fourth-order valence-corrected chi connectivity index (χ4v) is 2.12. The molecule has 1 fully saturated rings. The van der Waals surface area contributed by atoms with E-state index in [0.29, 0.717) is 6.61 Å². The van der Waals surface area contributed by atoms with Crippen LogP contribution in [0.1, 0.15) is 25.7 Å². The highest BCUT2D eigenvalue weighted by molar-refractivity contribution is 5.79. The molecule has 0 aliphatic heterocycles. The fraction of sp³-hybridized carbons (Fsp3) is 0.611. The van der Waals surface area contributed by atoms with Crippen LogP contribution in [-0.2, 0) is 4.74 Å². The van der Waals surface area contributed by atoms with E-state index < -0.39 is 0 Å². The third-order valence-electron chi connectivity index (χ3n) is 3.66. The van der Waals surface area contributed by atoms with Gasteiger partial charge in [0.05, 0.1) is 6.61 Å². The highest BCUT2D eigenvalue weighted by atomic mass is 16.5. The second-order valence-corrected chi connectivity index (χ2v) is 5.81. The first-order valence-corrected chi connectivity index (χ1v) is 8.58. The van der Waals surface area contributed by atoms with Gasteiger partial charge in [0.2, 0.25) is 0 Å². The molecule has 1 aliphatic rings. The van der Waals surface area contributed by atoms with Gasteiger partial charge in [-0.2, -0.15) is 0 Å². The first-order valence-electron chi connectivity index (χ1n) is 8.58. The predicted molar refractivity (Wildman–Crippen MR) is 94.1 cm³/mol. The maximum atomic E-state index is 5.65. The van der Waals surface area contributed by atoms with E-state index in [4.69, 9.17) is 9.47 Å². The van der Waals surface area contributed by atoms with Crippen LogP contribution in [0.15, 0.2) is 35.3 Å². The number of rotatable bonds is 11. The molecule has 0 radical (unpaired) electrons. The summed E-state index contributed by atoms with van der Waals surface area (Å²) in [5.41, 5.74) is 0. The first kappa shape index (κ1) is 17.6. The minimum atomic E-state index is 0.697. The predicted octanol–water partition coefficient (Wildman–Crippen LogP) is 2.44. The number of nitrogens with one attached hydrogen (secondary N) is 2. The minimum Gasteiger partial charge on any atom is -0.494 e. The fourth-order valence-electron chi connectivity index (χ4n) is 2.12. The second kappa shape index (κ2) is 10.9. The molecule has 0 unspecified atom stereocenters. The molecule has 0 saturated heterocycles. The molecule has 1 aliphatic carbocycles. The second-order valence-electron chi connectivity index (χ2n) is 5.81. The molecule has 0 atom stereocenters. The normalized spacial score (nSPS) is 14.6. The van der Waals surface area contributed by atoms with Gasteiger partial charge in [-0.15, -0.1) is 0 Å². The zero-order valence-corrected chi connectivity index (χ0v) is 14.1. The Labute approximate surface area is 139 Å². The molecule has 1 saturated carbocycles. The molecule has 1 aromatic carbocycles. The van der Waals surface area contributed by atoms with Crippen molar-refractivity contribution in [2.24, 2.45) is 10.9 Å². The topological polar surface area (TPSA) is 54.9 Å². The van der Waals surface area contributed by atoms with Crippen molar-refractivity contribution in [2.45, 2.75) is 25.7 Å². The van der Waals surface area contributed by atoms with Crippen LogP contribution in [0.2, 0.25) is 0 Å². The first-order chi connectivity index (χ1) is 11.4. The largest absolute Gasteiger partial charge is 0.494 e. The van der Waals surface area contributed by atoms with Crippen LogP contribution in [0.5, 0.6) is 5.75 Å². The lowest BCUT2D eigenvalue weighted by molar-refractivity contribution is 0.123. The van der Waals surface area contributed by atoms with Gasteiger partial charge in [0.15, 0.2) is 5.96 Å². The molecule has 23 heavy (non-hydrogen) atoms. The van der Waals surface area contributed by atoms with Gasteiger partial charge in [-0.3, -0.25) is 4.99 Å². The van der Waals surface area contributed by atoms with Crippen LogP contribution in [0.25, 0.3) is 0 Å². The zero-order valence-electron chi connectivity index (χ0n) is 14.1. The van der Waals surface area contributed by atoms with Crippen molar-refractivity contribution in [3.63, 3.8) is 0 Å². The Hall–Kier alpha value is -1.75. The summed E-state index contributed by atoms with van der Waals surface area (Å²) in [6.45, 7) is 4.18. The third-order valence-corrected chi connectivity index (χ3v) is 3.66. The summed E-state index contributed by atoms with van der Waals surface area (Å²) < 4.78 is 11.3. The van der Waals surface area contributed by atoms with Crippen molar-refractivity contribution in [2.75, 3.05) is 40.0 Å². The van der Waals surface area contributed by atoms with Gasteiger partial charge in [-0.25, -0.2) is 0 Å². The number of hydrogen-bond acceptors (Lipinski definition) is 3. The molecule has 128 valence electrons. The number of nitrogens with zero attached hydrogens (tertiary/aromatic N) is 1. The highest BCUT2D eigenvalue weighted by Crippen LogP contribution is 2.28. The van der Waals surface area contributed by atoms with E-state index in [-0.39, 0.29) is 0 Å². The van der Waals surface area contributed by atoms with Crippen molar-refractivity contribution in [3.8, 4) is 5.75 Å². The van der Waals surface area contributed by atoms with Gasteiger partial charge < -0.3 is 20.1 Å². The molecule has 5 heteroatoms. The standard InChI is InChI=1S/C18H29N3O2/c1-19-18(20-11-5-13-22-15-16-9-10-16)21-12-6-14-23-17-7-3-2-4-8-17/h2-4,7-8,16H,5-6,9-15H2,1H3,(H2,19,20,21). The lowest BCUT2D eigenvalue weighted by Gasteiger charge is -2.12. The van der Waals surface area contributed by atoms with Crippen molar-refractivity contribution in [3.05, 3.63) is 30.3 Å². The number of benzene rings is 1. The van der Waals surface area contributed by atoms with Crippen LogP contribution in [0.3, 0.4) is 0 Å². The summed E-state index contributed by atoms with van der Waals surface area (Å²) in [6.07, 6.45) is 4.64. The Morgan fingerprint density at radius 3 is 2.43 bits per heavy atom. The van der Waals surface area contributed by atoms with Crippen molar-refractivity contribution in [1.29, 1.82) is 0 Å². The molecule has 2 N–H and O–H groups in total. The summed E-state index contributed by atoms with van der Waals surface area (Å²) in [7, 11) is 1.79. The molecule has 0 aromatic heterocycles. The third kappa shape index (κ3) is 8.45. The summed E-state index contributed by atoms with van der Waals surface area (Å²) in [5.74, 6) is 2.60. The smallest absolute Gasteiger partial charge is 0.190 e. The average Bonchev–Trinajstić information content (AvgIpc) is 3.41. The van der Waals surface area contributed by atoms with Crippen LogP contribution in [0.4, 0.5) is 0 Å². The van der Waals surface area contributed by atoms with E-state index in [1.807, 2.05) is 30.3 Å². The molecular formula is C18H29N3O2. The van der Waals surface area contributed by atoms with E-state index in [0.717, 1.165) is 56.8 Å². The number of guanidine groups is 1. The average molecular weight is 319 g/mol. The van der Waals surface area contributed by atoms with Gasteiger partial charge >= 0.3 is 0 Å². The van der Waals surface area contributed by atoms with Gasteiger partial charge in [-0.05, 0) is 43.7 Å². The SMILES string of the molecule is CN=C(NCCCOCC1CC1)NCCCOc1ccccc1. The van der Waals surface area contributed by atoms with Gasteiger partial charge in [0, 0.05) is 33.4 Å². The van der Waals surface area contributed by atoms with Crippen molar-refractivity contribution < 1.29 is 9.47 Å². The van der Waals surface area contributed by atoms with Crippen molar-refractivity contribution >= 4 is 5.96 Å². The number of para-hydroxylation sites is 1. The minimum absolute atomic E-state index is 0.697. The maximum absolute atomic E-state index is 5.65. The number of hydrogen-bond donors (Lipinski definition) is 2. The van der Waals surface area contributed by atoms with Gasteiger partial charge in [-0.1, -0.05) is 18.2 Å². The number of ether oxygens (including phenoxy) is 2. The van der Waals surface area contributed by atoms with Gasteiger partial charge in [0.25, 0.3) is 0 Å². The quantitative estimate of drug-likeness (QED) is 0.374. The summed E-state index contributed by atoms with van der Waals surface area (Å²) in [4.78, 5) is 4.21. The van der Waals surface area contributed by atoms with Crippen LogP contribution in [0, 0.1) is 5.92 Å². The van der Waals surface area contributed by atoms with E-state index in [1.54, 1.807) is 7.05 Å². The van der Waals surface area contributed by atoms with Crippen LogP contribution >= 0.6 is 0 Å². The monoisotopic (exact) mass is 319 g/mol. The molecule has 2 rings (SSSR count). The molecule has 0 amide bonds. The summed E-state index contributed by atoms with van der Waals surface area (Å²) in [6, 6.07) is 9.89. The molecule has 0 bridgehead atoms. The van der Waals surface area contributed by atoms with E-state index >= 15 is 0 Å². The van der Waals surface area contributed by atoms with E-state index in [9.17, 15) is 0 Å². The van der Waals surface area contributed by atoms with Crippen molar-refractivity contribution in [1.82, 2.24) is 10.6 Å².